The van der Waals surface area contributed by atoms with E-state index in [0.717, 1.165) is 22.6 Å². The fourth-order valence-corrected chi connectivity index (χ4v) is 2.34. The maximum atomic E-state index is 11.1. The van der Waals surface area contributed by atoms with E-state index in [4.69, 9.17) is 5.11 Å². The lowest BCUT2D eigenvalue weighted by atomic mass is 10.1. The Labute approximate surface area is 144 Å². The molecule has 0 aliphatic rings. The fourth-order valence-electron chi connectivity index (χ4n) is 2.34. The van der Waals surface area contributed by atoms with Crippen LogP contribution >= 0.6 is 0 Å². The van der Waals surface area contributed by atoms with E-state index in [0.29, 0.717) is 5.69 Å². The number of para-hydroxylation sites is 1. The van der Waals surface area contributed by atoms with Gasteiger partial charge in [-0.2, -0.15) is 5.10 Å². The van der Waals surface area contributed by atoms with Gasteiger partial charge in [0.25, 0.3) is 0 Å². The molecule has 0 fully saturated rings. The van der Waals surface area contributed by atoms with Crippen molar-refractivity contribution in [2.75, 3.05) is 5.43 Å². The lowest BCUT2D eigenvalue weighted by Gasteiger charge is -2.06. The Bertz CT molecular complexity index is 914. The number of nitrogens with zero attached hydrogens (tertiary/aromatic N) is 4. The van der Waals surface area contributed by atoms with E-state index in [2.05, 4.69) is 20.8 Å². The van der Waals surface area contributed by atoms with Crippen molar-refractivity contribution in [1.82, 2.24) is 15.0 Å². The fraction of sp³-hybridized carbons (Fsp3) is 0.111. The average Bonchev–Trinajstić information content (AvgIpc) is 3.02. The first kappa shape index (κ1) is 16.4. The summed E-state index contributed by atoms with van der Waals surface area (Å²) in [5, 5.41) is 21.0. The van der Waals surface area contributed by atoms with E-state index in [1.54, 1.807) is 6.92 Å². The molecule has 0 aliphatic carbocycles. The number of hydrogen-bond acceptors (Lipinski definition) is 5. The highest BCUT2D eigenvalue weighted by Crippen LogP contribution is 2.14. The molecule has 25 heavy (non-hydrogen) atoms. The summed E-state index contributed by atoms with van der Waals surface area (Å²) in [5.74, 6) is -1.09. The second-order valence-corrected chi connectivity index (χ2v) is 5.46. The van der Waals surface area contributed by atoms with Crippen molar-refractivity contribution < 1.29 is 9.90 Å². The van der Waals surface area contributed by atoms with Crippen LogP contribution in [-0.4, -0.2) is 31.8 Å². The summed E-state index contributed by atoms with van der Waals surface area (Å²) in [6, 6.07) is 17.2. The molecule has 0 aliphatic heterocycles. The van der Waals surface area contributed by atoms with Gasteiger partial charge in [0.2, 0.25) is 0 Å². The number of hydrazone groups is 1. The van der Waals surface area contributed by atoms with E-state index in [1.807, 2.05) is 61.5 Å². The molecular weight excluding hydrogens is 318 g/mol. The Morgan fingerprint density at radius 3 is 2.40 bits per heavy atom. The van der Waals surface area contributed by atoms with Gasteiger partial charge < -0.3 is 5.11 Å². The molecule has 2 N–H and O–H groups in total. The van der Waals surface area contributed by atoms with E-state index in [1.165, 1.54) is 4.68 Å². The molecule has 3 rings (SSSR count). The van der Waals surface area contributed by atoms with Crippen LogP contribution in [0.4, 0.5) is 5.69 Å². The molecule has 0 bridgehead atoms. The van der Waals surface area contributed by atoms with E-state index in [-0.39, 0.29) is 5.69 Å². The third kappa shape index (κ3) is 3.55. The number of carboxylic acids is 1. The molecule has 3 aromatic rings. The van der Waals surface area contributed by atoms with Crippen LogP contribution in [0.5, 0.6) is 0 Å². The predicted octanol–water partition coefficient (Wildman–Crippen LogP) is 3.11. The minimum absolute atomic E-state index is 0.0473. The molecule has 0 amide bonds. The third-order valence-electron chi connectivity index (χ3n) is 3.75. The van der Waals surface area contributed by atoms with Crippen LogP contribution in [0.15, 0.2) is 59.7 Å². The molecule has 0 spiro atoms. The number of aromatic nitrogens is 3. The Balaban J connectivity index is 1.79. The summed E-state index contributed by atoms with van der Waals surface area (Å²) in [5.41, 5.74) is 6.88. The largest absolute Gasteiger partial charge is 0.476 e. The minimum atomic E-state index is -1.09. The maximum absolute atomic E-state index is 11.1. The SMILES string of the molecule is C/C(=N/Nc1ccccc1)c1ccc(-n2nnc(C(=O)O)c2C)cc1. The standard InChI is InChI=1S/C18H17N5O2/c1-12(19-20-15-6-4-3-5-7-15)14-8-10-16(11-9-14)23-13(2)17(18(24)25)21-22-23/h3-11,20H,1-2H3,(H,24,25)/b19-12-. The normalized spacial score (nSPS) is 11.4. The number of carbonyl (C=O) groups is 1. The number of nitrogens with one attached hydrogen (secondary N) is 1. The smallest absolute Gasteiger partial charge is 0.358 e. The van der Waals surface area contributed by atoms with Gasteiger partial charge in [0, 0.05) is 0 Å². The zero-order valence-electron chi connectivity index (χ0n) is 13.8. The molecule has 2 aromatic carbocycles. The number of benzene rings is 2. The predicted molar refractivity (Wildman–Crippen MR) is 95.3 cm³/mol. The lowest BCUT2D eigenvalue weighted by molar-refractivity contribution is 0.0689. The monoisotopic (exact) mass is 335 g/mol. The van der Waals surface area contributed by atoms with Crippen LogP contribution in [0.1, 0.15) is 28.7 Å². The van der Waals surface area contributed by atoms with Gasteiger partial charge in [0.05, 0.1) is 22.8 Å². The highest BCUT2D eigenvalue weighted by Gasteiger charge is 2.15. The van der Waals surface area contributed by atoms with E-state index < -0.39 is 5.97 Å². The van der Waals surface area contributed by atoms with E-state index >= 15 is 0 Å². The third-order valence-corrected chi connectivity index (χ3v) is 3.75. The first-order valence-electron chi connectivity index (χ1n) is 7.68. The van der Waals surface area contributed by atoms with Crippen molar-refractivity contribution in [3.63, 3.8) is 0 Å². The lowest BCUT2D eigenvalue weighted by Crippen LogP contribution is -2.04. The van der Waals surface area contributed by atoms with Gasteiger partial charge in [-0.15, -0.1) is 5.10 Å². The topological polar surface area (TPSA) is 92.4 Å². The van der Waals surface area contributed by atoms with Crippen molar-refractivity contribution >= 4 is 17.4 Å². The minimum Gasteiger partial charge on any atom is -0.476 e. The van der Waals surface area contributed by atoms with Crippen molar-refractivity contribution in [1.29, 1.82) is 0 Å². The van der Waals surface area contributed by atoms with E-state index in [9.17, 15) is 4.79 Å². The van der Waals surface area contributed by atoms with Crippen LogP contribution in [0.2, 0.25) is 0 Å². The van der Waals surface area contributed by atoms with Crippen molar-refractivity contribution in [2.45, 2.75) is 13.8 Å². The molecule has 0 saturated heterocycles. The van der Waals surface area contributed by atoms with Crippen LogP contribution < -0.4 is 5.43 Å². The molecule has 0 unspecified atom stereocenters. The van der Waals surface area contributed by atoms with Gasteiger partial charge in [-0.1, -0.05) is 35.5 Å². The molecule has 126 valence electrons. The maximum Gasteiger partial charge on any atom is 0.358 e. The van der Waals surface area contributed by atoms with Gasteiger partial charge in [0.15, 0.2) is 5.69 Å². The number of hydrogen-bond donors (Lipinski definition) is 2. The Kier molecular flexibility index (Phi) is 4.56. The van der Waals surface area contributed by atoms with Gasteiger partial charge in [0.1, 0.15) is 0 Å². The summed E-state index contributed by atoms with van der Waals surface area (Å²) in [6.07, 6.45) is 0. The number of anilines is 1. The summed E-state index contributed by atoms with van der Waals surface area (Å²) < 4.78 is 1.50. The Morgan fingerprint density at radius 2 is 1.80 bits per heavy atom. The number of rotatable bonds is 5. The number of aromatic carboxylic acids is 1. The molecule has 1 heterocycles. The second-order valence-electron chi connectivity index (χ2n) is 5.46. The molecular formula is C18H17N5O2. The average molecular weight is 335 g/mol. The molecule has 0 atom stereocenters. The Morgan fingerprint density at radius 1 is 1.12 bits per heavy atom. The van der Waals surface area contributed by atoms with Gasteiger partial charge in [-0.25, -0.2) is 9.48 Å². The summed E-state index contributed by atoms with van der Waals surface area (Å²) in [4.78, 5) is 11.1. The van der Waals surface area contributed by atoms with Crippen LogP contribution in [0.3, 0.4) is 0 Å². The van der Waals surface area contributed by atoms with Crippen LogP contribution in [0, 0.1) is 6.92 Å². The summed E-state index contributed by atoms with van der Waals surface area (Å²) >= 11 is 0. The van der Waals surface area contributed by atoms with Crippen LogP contribution in [0.25, 0.3) is 5.69 Å². The zero-order valence-corrected chi connectivity index (χ0v) is 13.8. The molecule has 0 saturated carbocycles. The number of carboxylic acid groups (broad SMARTS) is 1. The van der Waals surface area contributed by atoms with Crippen LogP contribution in [-0.2, 0) is 0 Å². The van der Waals surface area contributed by atoms with Crippen molar-refractivity contribution in [2.24, 2.45) is 5.10 Å². The van der Waals surface area contributed by atoms with Crippen molar-refractivity contribution in [3.8, 4) is 5.69 Å². The van der Waals surface area contributed by atoms with Gasteiger partial charge >= 0.3 is 5.97 Å². The zero-order chi connectivity index (χ0) is 17.8. The highest BCUT2D eigenvalue weighted by atomic mass is 16.4. The summed E-state index contributed by atoms with van der Waals surface area (Å²) in [7, 11) is 0. The molecule has 7 heteroatoms. The first-order chi connectivity index (χ1) is 12.1. The van der Waals surface area contributed by atoms with Gasteiger partial charge in [-0.05, 0) is 43.7 Å². The molecule has 0 radical (unpaired) electrons. The Hall–Kier alpha value is -3.48. The molecule has 1 aromatic heterocycles. The van der Waals surface area contributed by atoms with Gasteiger partial charge in [-0.3, -0.25) is 5.43 Å². The second kappa shape index (κ2) is 6.96. The molecule has 7 nitrogen and oxygen atoms in total. The summed E-state index contributed by atoms with van der Waals surface area (Å²) in [6.45, 7) is 3.59. The highest BCUT2D eigenvalue weighted by molar-refractivity contribution is 5.99. The quantitative estimate of drug-likeness (QED) is 0.552. The van der Waals surface area contributed by atoms with Crippen molar-refractivity contribution in [3.05, 3.63) is 71.5 Å². The first-order valence-corrected chi connectivity index (χ1v) is 7.68.